The number of amidine groups is 1. The Balaban J connectivity index is 2.05. The molecule has 0 amide bonds. The van der Waals surface area contributed by atoms with Crippen LogP contribution in [0.25, 0.3) is 5.70 Å². The second-order valence-corrected chi connectivity index (χ2v) is 7.75. The molecule has 0 radical (unpaired) electrons. The number of hydrogen-bond acceptors (Lipinski definition) is 4. The van der Waals surface area contributed by atoms with Crippen LogP contribution in [0.4, 0.5) is 5.69 Å². The highest BCUT2D eigenvalue weighted by Gasteiger charge is 2.20. The Kier molecular flexibility index (Phi) is 8.05. The average Bonchev–Trinajstić information content (AvgIpc) is 2.83. The van der Waals surface area contributed by atoms with E-state index in [2.05, 4.69) is 67.5 Å². The SMILES string of the molecule is C/C=C\N1C=C(c2ccc(C#N)cc2)N=C(Nc2ccc(CC)c(CC)c2)/C1=C\CCC. The first-order chi connectivity index (χ1) is 15.6. The van der Waals surface area contributed by atoms with Crippen LogP contribution >= 0.6 is 0 Å². The summed E-state index contributed by atoms with van der Waals surface area (Å²) in [6, 6.07) is 16.3. The Labute approximate surface area is 192 Å². The maximum Gasteiger partial charge on any atom is 0.155 e. The number of aliphatic imine (C=N–C) groups is 1. The van der Waals surface area contributed by atoms with Gasteiger partial charge >= 0.3 is 0 Å². The van der Waals surface area contributed by atoms with Crippen molar-refractivity contribution in [1.82, 2.24) is 4.90 Å². The van der Waals surface area contributed by atoms with Crippen molar-refractivity contribution >= 4 is 17.2 Å². The predicted molar refractivity (Wildman–Crippen MR) is 135 cm³/mol. The van der Waals surface area contributed by atoms with Gasteiger partial charge in [-0.3, -0.25) is 0 Å². The molecule has 1 heterocycles. The van der Waals surface area contributed by atoms with Gasteiger partial charge in [-0.1, -0.05) is 57.5 Å². The highest BCUT2D eigenvalue weighted by atomic mass is 15.2. The van der Waals surface area contributed by atoms with Crippen LogP contribution in [-0.4, -0.2) is 10.7 Å². The standard InChI is InChI=1S/C28H32N4/c1-5-9-10-27-28(30-25-16-15-22(7-3)23(8-4)18-25)31-26(20-32(27)17-6-2)24-13-11-21(19-29)12-14-24/h6,10-18,20H,5,7-9H2,1-4H3,(H,30,31)/b17-6-,27-10+. The molecule has 0 spiro atoms. The fourth-order valence-corrected chi connectivity index (χ4v) is 3.76. The number of unbranched alkanes of at least 4 members (excludes halogenated alkanes) is 1. The maximum atomic E-state index is 9.13. The average molecular weight is 425 g/mol. The fourth-order valence-electron chi connectivity index (χ4n) is 3.76. The lowest BCUT2D eigenvalue weighted by Crippen LogP contribution is -2.27. The quantitative estimate of drug-likeness (QED) is 0.519. The molecule has 0 bridgehead atoms. The molecule has 0 saturated carbocycles. The number of nitrogens with one attached hydrogen (secondary N) is 1. The van der Waals surface area contributed by atoms with Gasteiger partial charge in [0.2, 0.25) is 0 Å². The molecule has 0 aliphatic carbocycles. The fraction of sp³-hybridized carbons (Fsp3) is 0.286. The number of nitrogens with zero attached hydrogens (tertiary/aromatic N) is 3. The van der Waals surface area contributed by atoms with E-state index in [1.165, 1.54) is 11.1 Å². The van der Waals surface area contributed by atoms with E-state index in [0.717, 1.165) is 54.2 Å². The number of hydrogen-bond donors (Lipinski definition) is 1. The van der Waals surface area contributed by atoms with Gasteiger partial charge in [-0.15, -0.1) is 0 Å². The van der Waals surface area contributed by atoms with Gasteiger partial charge in [0.15, 0.2) is 5.84 Å². The van der Waals surface area contributed by atoms with E-state index in [9.17, 15) is 0 Å². The molecule has 4 heteroatoms. The molecular weight excluding hydrogens is 392 g/mol. The summed E-state index contributed by atoms with van der Waals surface area (Å²) in [7, 11) is 0. The molecule has 4 nitrogen and oxygen atoms in total. The molecule has 164 valence electrons. The summed E-state index contributed by atoms with van der Waals surface area (Å²) < 4.78 is 0. The minimum Gasteiger partial charge on any atom is -0.338 e. The summed E-state index contributed by atoms with van der Waals surface area (Å²) in [5, 5.41) is 12.7. The van der Waals surface area contributed by atoms with E-state index in [1.54, 1.807) is 0 Å². The van der Waals surface area contributed by atoms with Gasteiger partial charge in [-0.25, -0.2) is 4.99 Å². The number of allylic oxidation sites excluding steroid dienone is 2. The van der Waals surface area contributed by atoms with Crippen LogP contribution in [0.5, 0.6) is 0 Å². The smallest absolute Gasteiger partial charge is 0.155 e. The minimum atomic E-state index is 0.643. The molecule has 3 rings (SSSR count). The first kappa shape index (κ1) is 23.1. The molecule has 1 aliphatic rings. The largest absolute Gasteiger partial charge is 0.338 e. The van der Waals surface area contributed by atoms with Gasteiger partial charge in [0.25, 0.3) is 0 Å². The lowest BCUT2D eigenvalue weighted by molar-refractivity contribution is 0.649. The van der Waals surface area contributed by atoms with Gasteiger partial charge < -0.3 is 10.2 Å². The molecule has 0 saturated heterocycles. The van der Waals surface area contributed by atoms with E-state index in [1.807, 2.05) is 43.5 Å². The van der Waals surface area contributed by atoms with Crippen molar-refractivity contribution in [1.29, 1.82) is 5.26 Å². The number of rotatable bonds is 7. The van der Waals surface area contributed by atoms with Crippen molar-refractivity contribution in [3.63, 3.8) is 0 Å². The highest BCUT2D eigenvalue weighted by Crippen LogP contribution is 2.28. The lowest BCUT2D eigenvalue weighted by Gasteiger charge is -2.27. The molecule has 0 aromatic heterocycles. The summed E-state index contributed by atoms with van der Waals surface area (Å²) in [6.07, 6.45) is 12.4. The van der Waals surface area contributed by atoms with Crippen LogP contribution < -0.4 is 5.32 Å². The summed E-state index contributed by atoms with van der Waals surface area (Å²) in [5.41, 5.74) is 7.30. The summed E-state index contributed by atoms with van der Waals surface area (Å²) in [5.74, 6) is 0.824. The van der Waals surface area contributed by atoms with E-state index in [0.29, 0.717) is 5.56 Å². The second kappa shape index (κ2) is 11.2. The zero-order valence-electron chi connectivity index (χ0n) is 19.5. The van der Waals surface area contributed by atoms with Crippen molar-refractivity contribution in [2.75, 3.05) is 5.32 Å². The molecule has 2 aromatic rings. The Morgan fingerprint density at radius 1 is 1.03 bits per heavy atom. The van der Waals surface area contributed by atoms with Gasteiger partial charge in [-0.05, 0) is 61.6 Å². The molecule has 0 atom stereocenters. The Morgan fingerprint density at radius 3 is 2.41 bits per heavy atom. The van der Waals surface area contributed by atoms with Crippen LogP contribution in [0.1, 0.15) is 62.8 Å². The third-order valence-corrected chi connectivity index (χ3v) is 5.49. The van der Waals surface area contributed by atoms with Crippen molar-refractivity contribution < 1.29 is 0 Å². The van der Waals surface area contributed by atoms with Gasteiger partial charge in [0.05, 0.1) is 23.0 Å². The number of anilines is 1. The summed E-state index contributed by atoms with van der Waals surface area (Å²) in [6.45, 7) is 8.59. The summed E-state index contributed by atoms with van der Waals surface area (Å²) in [4.78, 5) is 7.13. The minimum absolute atomic E-state index is 0.643. The van der Waals surface area contributed by atoms with Crippen LogP contribution in [0.2, 0.25) is 0 Å². The Bertz CT molecular complexity index is 1100. The molecule has 1 aliphatic heterocycles. The number of aryl methyl sites for hydroxylation is 2. The monoisotopic (exact) mass is 424 g/mol. The molecule has 0 fully saturated rings. The Hall–Kier alpha value is -3.58. The van der Waals surface area contributed by atoms with Gasteiger partial charge in [0, 0.05) is 23.7 Å². The third-order valence-electron chi connectivity index (χ3n) is 5.49. The zero-order valence-corrected chi connectivity index (χ0v) is 19.5. The molecule has 32 heavy (non-hydrogen) atoms. The molecular formula is C28H32N4. The van der Waals surface area contributed by atoms with Gasteiger partial charge in [-0.2, -0.15) is 5.26 Å². The predicted octanol–water partition coefficient (Wildman–Crippen LogP) is 7.03. The van der Waals surface area contributed by atoms with Crippen LogP contribution in [-0.2, 0) is 12.8 Å². The van der Waals surface area contributed by atoms with Gasteiger partial charge in [0.1, 0.15) is 0 Å². The molecule has 1 N–H and O–H groups in total. The third kappa shape index (κ3) is 5.36. The lowest BCUT2D eigenvalue weighted by atomic mass is 10.0. The van der Waals surface area contributed by atoms with Crippen molar-refractivity contribution in [3.05, 3.63) is 95.0 Å². The zero-order chi connectivity index (χ0) is 22.9. The first-order valence-electron chi connectivity index (χ1n) is 11.4. The van der Waals surface area contributed by atoms with E-state index in [4.69, 9.17) is 10.3 Å². The normalized spacial score (nSPS) is 15.0. The van der Waals surface area contributed by atoms with Crippen LogP contribution in [0.3, 0.4) is 0 Å². The first-order valence-corrected chi connectivity index (χ1v) is 11.4. The Morgan fingerprint density at radius 2 is 1.78 bits per heavy atom. The molecule has 0 unspecified atom stereocenters. The van der Waals surface area contributed by atoms with E-state index in [-0.39, 0.29) is 0 Å². The van der Waals surface area contributed by atoms with Crippen molar-refractivity contribution in [2.24, 2.45) is 4.99 Å². The molecule has 2 aromatic carbocycles. The van der Waals surface area contributed by atoms with E-state index >= 15 is 0 Å². The number of benzene rings is 2. The maximum absolute atomic E-state index is 9.13. The van der Waals surface area contributed by atoms with Crippen LogP contribution in [0.15, 0.2) is 77.7 Å². The van der Waals surface area contributed by atoms with Crippen molar-refractivity contribution in [3.8, 4) is 6.07 Å². The topological polar surface area (TPSA) is 51.4 Å². The van der Waals surface area contributed by atoms with Crippen molar-refractivity contribution in [2.45, 2.75) is 53.4 Å². The van der Waals surface area contributed by atoms with E-state index < -0.39 is 0 Å². The summed E-state index contributed by atoms with van der Waals surface area (Å²) >= 11 is 0. The highest BCUT2D eigenvalue weighted by molar-refractivity contribution is 6.11. The number of nitriles is 1. The second-order valence-electron chi connectivity index (χ2n) is 7.75. The van der Waals surface area contributed by atoms with Crippen LogP contribution in [0, 0.1) is 11.3 Å².